The van der Waals surface area contributed by atoms with Gasteiger partial charge in [0.25, 0.3) is 5.91 Å². The average Bonchev–Trinajstić information content (AvgIpc) is 3.14. The highest BCUT2D eigenvalue weighted by molar-refractivity contribution is 6.30. The Morgan fingerprint density at radius 2 is 1.84 bits per heavy atom. The van der Waals surface area contributed by atoms with Crippen molar-refractivity contribution in [2.24, 2.45) is 5.92 Å². The van der Waals surface area contributed by atoms with Gasteiger partial charge in [0, 0.05) is 10.6 Å². The fourth-order valence-electron chi connectivity index (χ4n) is 3.13. The van der Waals surface area contributed by atoms with E-state index in [1.165, 1.54) is 6.07 Å². The van der Waals surface area contributed by atoms with Crippen LogP contribution in [0, 0.1) is 5.92 Å². The summed E-state index contributed by atoms with van der Waals surface area (Å²) in [6, 6.07) is 11.7. The van der Waals surface area contributed by atoms with Crippen LogP contribution in [0.3, 0.4) is 0 Å². The number of esters is 1. The summed E-state index contributed by atoms with van der Waals surface area (Å²) in [5.41, 5.74) is 0.964. The number of para-hydroxylation sites is 2. The first-order valence-corrected chi connectivity index (χ1v) is 10.2. The highest BCUT2D eigenvalue weighted by Gasteiger charge is 2.29. The van der Waals surface area contributed by atoms with E-state index in [0.717, 1.165) is 4.57 Å². The van der Waals surface area contributed by atoms with Crippen molar-refractivity contribution < 1.29 is 23.1 Å². The highest BCUT2D eigenvalue weighted by atomic mass is 35.5. The molecule has 0 saturated heterocycles. The fourth-order valence-corrected chi connectivity index (χ4v) is 3.26. The molecule has 6 nitrogen and oxygen atoms in total. The van der Waals surface area contributed by atoms with Gasteiger partial charge in [0.15, 0.2) is 5.82 Å². The van der Waals surface area contributed by atoms with Crippen LogP contribution >= 0.6 is 11.6 Å². The number of carbonyl (C=O) groups excluding carboxylic acids is 2. The van der Waals surface area contributed by atoms with E-state index in [2.05, 4.69) is 10.3 Å². The number of imidazole rings is 1. The van der Waals surface area contributed by atoms with E-state index in [1.54, 1.807) is 49.4 Å². The van der Waals surface area contributed by atoms with E-state index in [-0.39, 0.29) is 17.3 Å². The Hall–Kier alpha value is -3.00. The number of aromatic nitrogens is 2. The average molecular weight is 450 g/mol. The van der Waals surface area contributed by atoms with Gasteiger partial charge in [-0.15, -0.1) is 0 Å². The maximum absolute atomic E-state index is 13.6. The molecule has 3 rings (SSSR count). The number of carbonyl (C=O) groups is 2. The Balaban J connectivity index is 1.76. The Labute approximate surface area is 183 Å². The molecular formula is C22H22ClF2N3O3. The zero-order chi connectivity index (χ0) is 22.5. The van der Waals surface area contributed by atoms with E-state index < -0.39 is 31.1 Å². The normalized spacial score (nSPS) is 13.2. The summed E-state index contributed by atoms with van der Waals surface area (Å²) in [6.45, 7) is 0.385. The van der Waals surface area contributed by atoms with Crippen LogP contribution in [0.4, 0.5) is 8.78 Å². The van der Waals surface area contributed by atoms with Crippen molar-refractivity contribution >= 4 is 34.5 Å². The van der Waals surface area contributed by atoms with E-state index >= 15 is 0 Å². The predicted molar refractivity (Wildman–Crippen MR) is 113 cm³/mol. The summed E-state index contributed by atoms with van der Waals surface area (Å²) in [5, 5.41) is 3.15. The van der Waals surface area contributed by atoms with Crippen molar-refractivity contribution in [3.05, 3.63) is 64.9 Å². The summed E-state index contributed by atoms with van der Waals surface area (Å²) in [6.07, 6.45) is 0.593. The van der Waals surface area contributed by atoms with Gasteiger partial charge in [-0.1, -0.05) is 44.0 Å². The number of hydrogen-bond acceptors (Lipinski definition) is 4. The van der Waals surface area contributed by atoms with Crippen LogP contribution in [-0.2, 0) is 16.1 Å². The first-order chi connectivity index (χ1) is 14.8. The van der Waals surface area contributed by atoms with Crippen molar-refractivity contribution in [1.29, 1.82) is 0 Å². The molecule has 0 bridgehead atoms. The SMILES string of the molecule is CC[C@H](C)[C@H](NC(=O)c1ccc(Cl)cc1)C(=O)OCc1nc2ccccc2n1C(F)F. The number of nitrogens with zero attached hydrogens (tertiary/aromatic N) is 2. The summed E-state index contributed by atoms with van der Waals surface area (Å²) < 4.78 is 33.1. The van der Waals surface area contributed by atoms with Crippen LogP contribution in [0.1, 0.15) is 43.0 Å². The van der Waals surface area contributed by atoms with Crippen LogP contribution in [0.5, 0.6) is 0 Å². The maximum Gasteiger partial charge on any atom is 0.329 e. The minimum Gasteiger partial charge on any atom is -0.456 e. The molecule has 0 radical (unpaired) electrons. The molecule has 0 aliphatic rings. The standard InChI is InChI=1S/C22H22ClF2N3O3/c1-3-13(2)19(27-20(29)14-8-10-15(23)11-9-14)21(30)31-12-18-26-16-6-4-5-7-17(16)28(18)22(24)25/h4-11,13,19,22H,3,12H2,1-2H3,(H,27,29)/t13-,19-/m0/s1. The third-order valence-corrected chi connectivity index (χ3v) is 5.32. The molecule has 1 aromatic heterocycles. The number of benzene rings is 2. The largest absolute Gasteiger partial charge is 0.456 e. The Morgan fingerprint density at radius 1 is 1.16 bits per heavy atom. The second-order valence-electron chi connectivity index (χ2n) is 7.12. The summed E-state index contributed by atoms with van der Waals surface area (Å²) in [7, 11) is 0. The predicted octanol–water partition coefficient (Wildman–Crippen LogP) is 4.97. The molecule has 2 atom stereocenters. The van der Waals surface area contributed by atoms with E-state index in [9.17, 15) is 18.4 Å². The Kier molecular flexibility index (Phi) is 7.22. The molecule has 0 spiro atoms. The monoisotopic (exact) mass is 449 g/mol. The van der Waals surface area contributed by atoms with E-state index in [1.807, 2.05) is 6.92 Å². The van der Waals surface area contributed by atoms with Crippen LogP contribution in [-0.4, -0.2) is 27.5 Å². The number of rotatable bonds is 8. The number of amides is 1. The Morgan fingerprint density at radius 3 is 2.48 bits per heavy atom. The molecule has 2 aromatic carbocycles. The van der Waals surface area contributed by atoms with Crippen molar-refractivity contribution in [3.8, 4) is 0 Å². The van der Waals surface area contributed by atoms with E-state index in [0.29, 0.717) is 22.5 Å². The van der Waals surface area contributed by atoms with Crippen molar-refractivity contribution in [2.75, 3.05) is 0 Å². The molecule has 3 aromatic rings. The third kappa shape index (κ3) is 5.19. The number of hydrogen-bond donors (Lipinski definition) is 1. The number of nitrogens with one attached hydrogen (secondary N) is 1. The third-order valence-electron chi connectivity index (χ3n) is 5.07. The molecule has 0 fully saturated rings. The van der Waals surface area contributed by atoms with E-state index in [4.69, 9.17) is 16.3 Å². The van der Waals surface area contributed by atoms with Crippen molar-refractivity contribution in [2.45, 2.75) is 39.5 Å². The van der Waals surface area contributed by atoms with Gasteiger partial charge in [0.2, 0.25) is 0 Å². The number of halogens is 3. The molecule has 31 heavy (non-hydrogen) atoms. The molecule has 164 valence electrons. The second-order valence-corrected chi connectivity index (χ2v) is 7.55. The quantitative estimate of drug-likeness (QED) is 0.492. The number of fused-ring (bicyclic) bond motifs is 1. The molecule has 0 saturated carbocycles. The molecule has 0 aliphatic heterocycles. The molecule has 1 amide bonds. The lowest BCUT2D eigenvalue weighted by Crippen LogP contribution is -2.46. The van der Waals surface area contributed by atoms with Gasteiger partial charge >= 0.3 is 12.5 Å². The summed E-state index contributed by atoms with van der Waals surface area (Å²) >= 11 is 5.84. The van der Waals surface area contributed by atoms with Crippen LogP contribution in [0.25, 0.3) is 11.0 Å². The Bertz CT molecular complexity index is 1070. The van der Waals surface area contributed by atoms with Crippen LogP contribution < -0.4 is 5.32 Å². The van der Waals surface area contributed by atoms with Gasteiger partial charge in [-0.3, -0.25) is 9.36 Å². The summed E-state index contributed by atoms with van der Waals surface area (Å²) in [5.74, 6) is -1.49. The molecule has 1 N–H and O–H groups in total. The highest BCUT2D eigenvalue weighted by Crippen LogP contribution is 2.24. The van der Waals surface area contributed by atoms with Gasteiger partial charge in [0.1, 0.15) is 12.6 Å². The molecule has 9 heteroatoms. The molecular weight excluding hydrogens is 428 g/mol. The van der Waals surface area contributed by atoms with Gasteiger partial charge in [0.05, 0.1) is 11.0 Å². The number of ether oxygens (including phenoxy) is 1. The van der Waals surface area contributed by atoms with Crippen molar-refractivity contribution in [3.63, 3.8) is 0 Å². The van der Waals surface area contributed by atoms with Gasteiger partial charge < -0.3 is 10.1 Å². The smallest absolute Gasteiger partial charge is 0.329 e. The summed E-state index contributed by atoms with van der Waals surface area (Å²) in [4.78, 5) is 29.5. The molecule has 0 unspecified atom stereocenters. The minimum absolute atomic E-state index is 0.0727. The molecule has 0 aliphatic carbocycles. The topological polar surface area (TPSA) is 73.2 Å². The maximum atomic E-state index is 13.6. The fraction of sp³-hybridized carbons (Fsp3) is 0.318. The first kappa shape index (κ1) is 22.7. The van der Waals surface area contributed by atoms with Crippen LogP contribution in [0.15, 0.2) is 48.5 Å². The lowest BCUT2D eigenvalue weighted by molar-refractivity contribution is -0.149. The zero-order valence-corrected chi connectivity index (χ0v) is 17.8. The lowest BCUT2D eigenvalue weighted by atomic mass is 9.99. The minimum atomic E-state index is -2.84. The van der Waals surface area contributed by atoms with Crippen LogP contribution in [0.2, 0.25) is 5.02 Å². The van der Waals surface area contributed by atoms with Gasteiger partial charge in [-0.05, 0) is 42.3 Å². The van der Waals surface area contributed by atoms with Gasteiger partial charge in [-0.25, -0.2) is 9.78 Å². The first-order valence-electron chi connectivity index (χ1n) is 9.78. The lowest BCUT2D eigenvalue weighted by Gasteiger charge is -2.22. The zero-order valence-electron chi connectivity index (χ0n) is 17.0. The van der Waals surface area contributed by atoms with Gasteiger partial charge in [-0.2, -0.15) is 8.78 Å². The van der Waals surface area contributed by atoms with Crippen molar-refractivity contribution in [1.82, 2.24) is 14.9 Å². The second kappa shape index (κ2) is 9.87. The molecule has 1 heterocycles. The number of alkyl halides is 2.